The van der Waals surface area contributed by atoms with Crippen LogP contribution in [0.15, 0.2) is 30.3 Å². The minimum absolute atomic E-state index is 0.149. The van der Waals surface area contributed by atoms with Crippen LogP contribution >= 0.6 is 0 Å². The predicted molar refractivity (Wildman–Crippen MR) is 72.2 cm³/mol. The Bertz CT molecular complexity index is 377. The molecule has 1 atom stereocenters. The van der Waals surface area contributed by atoms with Crippen molar-refractivity contribution in [2.24, 2.45) is 5.73 Å². The fraction of sp³-hybridized carbons (Fsp3) is 0.500. The SMILES string of the molecule is COC(C)(C)CNC(=O)[C@@H](N)Cc1ccccc1. The van der Waals surface area contributed by atoms with Crippen LogP contribution in [0.5, 0.6) is 0 Å². The number of nitrogens with two attached hydrogens (primary N) is 1. The monoisotopic (exact) mass is 250 g/mol. The molecule has 0 fully saturated rings. The van der Waals surface area contributed by atoms with Gasteiger partial charge in [0.2, 0.25) is 5.91 Å². The van der Waals surface area contributed by atoms with Gasteiger partial charge in [0.05, 0.1) is 11.6 Å². The second-order valence-corrected chi connectivity index (χ2v) is 4.98. The summed E-state index contributed by atoms with van der Waals surface area (Å²) in [6, 6.07) is 9.22. The highest BCUT2D eigenvalue weighted by Gasteiger charge is 2.20. The van der Waals surface area contributed by atoms with E-state index >= 15 is 0 Å². The molecule has 0 heterocycles. The van der Waals surface area contributed by atoms with Crippen LogP contribution in [0.25, 0.3) is 0 Å². The summed E-state index contributed by atoms with van der Waals surface area (Å²) in [5, 5.41) is 2.80. The summed E-state index contributed by atoms with van der Waals surface area (Å²) >= 11 is 0. The number of nitrogens with one attached hydrogen (secondary N) is 1. The Hall–Kier alpha value is -1.39. The van der Waals surface area contributed by atoms with Crippen LogP contribution in [0.1, 0.15) is 19.4 Å². The van der Waals surface area contributed by atoms with Gasteiger partial charge in [-0.2, -0.15) is 0 Å². The van der Waals surface area contributed by atoms with Crippen LogP contribution in [-0.4, -0.2) is 31.2 Å². The van der Waals surface area contributed by atoms with Crippen LogP contribution in [0, 0.1) is 0 Å². The third-order valence-electron chi connectivity index (χ3n) is 2.88. The van der Waals surface area contributed by atoms with Gasteiger partial charge < -0.3 is 15.8 Å². The Morgan fingerprint density at radius 1 is 1.39 bits per heavy atom. The molecule has 0 saturated heterocycles. The highest BCUT2D eigenvalue weighted by molar-refractivity contribution is 5.81. The number of amides is 1. The largest absolute Gasteiger partial charge is 0.377 e. The first kappa shape index (κ1) is 14.7. The molecule has 0 aliphatic heterocycles. The Balaban J connectivity index is 2.43. The van der Waals surface area contributed by atoms with Crippen LogP contribution in [-0.2, 0) is 16.0 Å². The van der Waals surface area contributed by atoms with E-state index in [1.165, 1.54) is 0 Å². The number of methoxy groups -OCH3 is 1. The summed E-state index contributed by atoms with van der Waals surface area (Å²) in [6.45, 7) is 4.27. The molecule has 0 aromatic heterocycles. The lowest BCUT2D eigenvalue weighted by atomic mass is 10.1. The average molecular weight is 250 g/mol. The van der Waals surface area contributed by atoms with E-state index in [1.54, 1.807) is 7.11 Å². The molecule has 0 bridgehead atoms. The van der Waals surface area contributed by atoms with Crippen molar-refractivity contribution in [2.75, 3.05) is 13.7 Å². The van der Waals surface area contributed by atoms with Crippen molar-refractivity contribution in [1.82, 2.24) is 5.32 Å². The zero-order valence-corrected chi connectivity index (χ0v) is 11.3. The Morgan fingerprint density at radius 3 is 2.56 bits per heavy atom. The number of rotatable bonds is 6. The van der Waals surface area contributed by atoms with Crippen molar-refractivity contribution < 1.29 is 9.53 Å². The third-order valence-corrected chi connectivity index (χ3v) is 2.88. The zero-order chi connectivity index (χ0) is 13.6. The molecule has 1 aromatic carbocycles. The maximum atomic E-state index is 11.8. The fourth-order valence-corrected chi connectivity index (χ4v) is 1.46. The van der Waals surface area contributed by atoms with Gasteiger partial charge in [-0.3, -0.25) is 4.79 Å². The van der Waals surface area contributed by atoms with Crippen LogP contribution in [0.3, 0.4) is 0 Å². The van der Waals surface area contributed by atoms with Gasteiger partial charge in [0.15, 0.2) is 0 Å². The lowest BCUT2D eigenvalue weighted by Crippen LogP contribution is -2.47. The molecule has 0 radical (unpaired) electrons. The number of hydrogen-bond acceptors (Lipinski definition) is 3. The lowest BCUT2D eigenvalue weighted by molar-refractivity contribution is -0.123. The molecule has 100 valence electrons. The molecule has 0 saturated carbocycles. The average Bonchev–Trinajstić information content (AvgIpc) is 2.37. The summed E-state index contributed by atoms with van der Waals surface area (Å²) in [6.07, 6.45) is 0.542. The van der Waals surface area contributed by atoms with Crippen molar-refractivity contribution in [3.05, 3.63) is 35.9 Å². The summed E-state index contributed by atoms with van der Waals surface area (Å²) < 4.78 is 5.23. The summed E-state index contributed by atoms with van der Waals surface area (Å²) in [5.74, 6) is -0.149. The molecule has 0 aliphatic carbocycles. The van der Waals surface area contributed by atoms with Gasteiger partial charge in [-0.15, -0.1) is 0 Å². The normalized spacial score (nSPS) is 13.1. The summed E-state index contributed by atoms with van der Waals surface area (Å²) in [5.41, 5.74) is 6.56. The molecule has 1 amide bonds. The lowest BCUT2D eigenvalue weighted by Gasteiger charge is -2.24. The molecule has 1 rings (SSSR count). The van der Waals surface area contributed by atoms with Gasteiger partial charge in [0, 0.05) is 13.7 Å². The number of ether oxygens (including phenoxy) is 1. The highest BCUT2D eigenvalue weighted by atomic mass is 16.5. The van der Waals surface area contributed by atoms with Crippen molar-refractivity contribution in [3.63, 3.8) is 0 Å². The van der Waals surface area contributed by atoms with E-state index in [1.807, 2.05) is 44.2 Å². The molecular weight excluding hydrogens is 228 g/mol. The quantitative estimate of drug-likeness (QED) is 0.794. The highest BCUT2D eigenvalue weighted by Crippen LogP contribution is 2.05. The van der Waals surface area contributed by atoms with Gasteiger partial charge in [-0.1, -0.05) is 30.3 Å². The van der Waals surface area contributed by atoms with Crippen LogP contribution < -0.4 is 11.1 Å². The predicted octanol–water partition coefficient (Wildman–Crippen LogP) is 1.10. The van der Waals surface area contributed by atoms with E-state index in [0.717, 1.165) is 5.56 Å². The van der Waals surface area contributed by atoms with Crippen molar-refractivity contribution in [1.29, 1.82) is 0 Å². The van der Waals surface area contributed by atoms with Gasteiger partial charge in [-0.05, 0) is 25.8 Å². The first-order chi connectivity index (χ1) is 8.44. The maximum absolute atomic E-state index is 11.8. The maximum Gasteiger partial charge on any atom is 0.237 e. The third kappa shape index (κ3) is 4.85. The van der Waals surface area contributed by atoms with Gasteiger partial charge in [0.1, 0.15) is 0 Å². The first-order valence-corrected chi connectivity index (χ1v) is 6.07. The van der Waals surface area contributed by atoms with Crippen molar-refractivity contribution in [3.8, 4) is 0 Å². The van der Waals surface area contributed by atoms with Crippen LogP contribution in [0.4, 0.5) is 0 Å². The van der Waals surface area contributed by atoms with Gasteiger partial charge in [-0.25, -0.2) is 0 Å². The first-order valence-electron chi connectivity index (χ1n) is 6.07. The number of hydrogen-bond donors (Lipinski definition) is 2. The second-order valence-electron chi connectivity index (χ2n) is 4.98. The topological polar surface area (TPSA) is 64.3 Å². The zero-order valence-electron chi connectivity index (χ0n) is 11.3. The smallest absolute Gasteiger partial charge is 0.237 e. The van der Waals surface area contributed by atoms with Crippen molar-refractivity contribution >= 4 is 5.91 Å². The van der Waals surface area contributed by atoms with E-state index < -0.39 is 6.04 Å². The van der Waals surface area contributed by atoms with Gasteiger partial charge in [0.25, 0.3) is 0 Å². The number of carbonyl (C=O) groups excluding carboxylic acids is 1. The Kier molecular flexibility index (Phi) is 5.31. The van der Waals surface area contributed by atoms with E-state index in [4.69, 9.17) is 10.5 Å². The molecule has 4 nitrogen and oxygen atoms in total. The summed E-state index contributed by atoms with van der Waals surface area (Å²) in [7, 11) is 1.62. The molecule has 1 aromatic rings. The molecule has 0 aliphatic rings. The second kappa shape index (κ2) is 6.52. The minimum Gasteiger partial charge on any atom is -0.377 e. The van der Waals surface area contributed by atoms with E-state index in [2.05, 4.69) is 5.32 Å². The molecule has 18 heavy (non-hydrogen) atoms. The molecule has 4 heteroatoms. The van der Waals surface area contributed by atoms with E-state index in [9.17, 15) is 4.79 Å². The molecule has 3 N–H and O–H groups in total. The Labute approximate surface area is 109 Å². The molecule has 0 spiro atoms. The number of carbonyl (C=O) groups is 1. The molecule has 0 unspecified atom stereocenters. The minimum atomic E-state index is -0.528. The van der Waals surface area contributed by atoms with E-state index in [-0.39, 0.29) is 11.5 Å². The van der Waals surface area contributed by atoms with Crippen LogP contribution in [0.2, 0.25) is 0 Å². The molecular formula is C14H22N2O2. The standard InChI is InChI=1S/C14H22N2O2/c1-14(2,18-3)10-16-13(17)12(15)9-11-7-5-4-6-8-11/h4-8,12H,9-10,15H2,1-3H3,(H,16,17)/t12-/m0/s1. The van der Waals surface area contributed by atoms with Gasteiger partial charge >= 0.3 is 0 Å². The Morgan fingerprint density at radius 2 is 2.00 bits per heavy atom. The number of benzene rings is 1. The van der Waals surface area contributed by atoms with Crippen molar-refractivity contribution in [2.45, 2.75) is 31.9 Å². The summed E-state index contributed by atoms with van der Waals surface area (Å²) in [4.78, 5) is 11.8. The van der Waals surface area contributed by atoms with E-state index in [0.29, 0.717) is 13.0 Å². The fourth-order valence-electron chi connectivity index (χ4n) is 1.46.